The second kappa shape index (κ2) is 4.43. The average molecular weight is 261 g/mol. The molecular formula is C15H17ClN2. The minimum Gasteiger partial charge on any atom is -0.363 e. The largest absolute Gasteiger partial charge is 0.363 e. The zero-order valence-corrected chi connectivity index (χ0v) is 11.3. The van der Waals surface area contributed by atoms with Gasteiger partial charge in [0.25, 0.3) is 0 Å². The Morgan fingerprint density at radius 2 is 2.11 bits per heavy atom. The summed E-state index contributed by atoms with van der Waals surface area (Å²) in [5, 5.41) is 4.75. The molecule has 94 valence electrons. The SMILES string of the molecule is Cc1cc2ccccc2nc1NC1(CCl)CCC1. The van der Waals surface area contributed by atoms with Crippen molar-refractivity contribution in [3.63, 3.8) is 0 Å². The maximum absolute atomic E-state index is 6.09. The smallest absolute Gasteiger partial charge is 0.130 e. The molecular weight excluding hydrogens is 244 g/mol. The van der Waals surface area contributed by atoms with Crippen LogP contribution in [0.1, 0.15) is 24.8 Å². The first-order valence-corrected chi connectivity index (χ1v) is 6.96. The predicted molar refractivity (Wildman–Crippen MR) is 77.4 cm³/mol. The Bertz CT molecular complexity index is 570. The summed E-state index contributed by atoms with van der Waals surface area (Å²) in [6.45, 7) is 2.10. The topological polar surface area (TPSA) is 24.9 Å². The summed E-state index contributed by atoms with van der Waals surface area (Å²) >= 11 is 6.09. The standard InChI is InChI=1S/C15H17ClN2/c1-11-9-12-5-2-3-6-13(12)17-14(11)18-15(10-16)7-4-8-15/h2-3,5-6,9H,4,7-8,10H2,1H3,(H,17,18). The van der Waals surface area contributed by atoms with Crippen molar-refractivity contribution in [1.82, 2.24) is 4.98 Å². The number of halogens is 1. The van der Waals surface area contributed by atoms with Gasteiger partial charge in [-0.15, -0.1) is 11.6 Å². The number of benzene rings is 1. The van der Waals surface area contributed by atoms with Crippen LogP contribution in [-0.2, 0) is 0 Å². The van der Waals surface area contributed by atoms with E-state index in [1.807, 2.05) is 18.2 Å². The zero-order chi connectivity index (χ0) is 12.6. The van der Waals surface area contributed by atoms with Gasteiger partial charge in [0, 0.05) is 11.3 Å². The quantitative estimate of drug-likeness (QED) is 0.840. The number of nitrogens with zero attached hydrogens (tertiary/aromatic N) is 1. The highest BCUT2D eigenvalue weighted by Gasteiger charge is 2.36. The predicted octanol–water partition coefficient (Wildman–Crippen LogP) is 4.12. The summed E-state index contributed by atoms with van der Waals surface area (Å²) in [5.41, 5.74) is 2.29. The number of hydrogen-bond donors (Lipinski definition) is 1. The lowest BCUT2D eigenvalue weighted by Crippen LogP contribution is -2.47. The van der Waals surface area contributed by atoms with Gasteiger partial charge in [-0.3, -0.25) is 0 Å². The van der Waals surface area contributed by atoms with Crippen LogP contribution in [0.15, 0.2) is 30.3 Å². The minimum absolute atomic E-state index is 0.0712. The maximum atomic E-state index is 6.09. The number of aryl methyl sites for hydroxylation is 1. The first kappa shape index (κ1) is 11.8. The molecule has 0 unspecified atom stereocenters. The second-order valence-corrected chi connectivity index (χ2v) is 5.51. The van der Waals surface area contributed by atoms with E-state index in [4.69, 9.17) is 16.6 Å². The highest BCUT2D eigenvalue weighted by molar-refractivity contribution is 6.19. The summed E-state index contributed by atoms with van der Waals surface area (Å²) in [4.78, 5) is 4.72. The molecule has 0 atom stereocenters. The number of fused-ring (bicyclic) bond motifs is 1. The molecule has 0 spiro atoms. The van der Waals surface area contributed by atoms with Crippen LogP contribution >= 0.6 is 11.6 Å². The molecule has 1 aliphatic carbocycles. The Balaban J connectivity index is 1.98. The van der Waals surface area contributed by atoms with Crippen molar-refractivity contribution in [3.05, 3.63) is 35.9 Å². The molecule has 18 heavy (non-hydrogen) atoms. The molecule has 1 saturated carbocycles. The molecule has 0 saturated heterocycles. The molecule has 3 rings (SSSR count). The second-order valence-electron chi connectivity index (χ2n) is 5.24. The number of pyridine rings is 1. The molecule has 1 heterocycles. The summed E-state index contributed by atoms with van der Waals surface area (Å²) < 4.78 is 0. The Hall–Kier alpha value is -1.28. The fourth-order valence-corrected chi connectivity index (χ4v) is 2.83. The summed E-state index contributed by atoms with van der Waals surface area (Å²) in [6.07, 6.45) is 3.54. The Labute approximate surface area is 112 Å². The fourth-order valence-electron chi connectivity index (χ4n) is 2.49. The third-order valence-corrected chi connectivity index (χ3v) is 4.38. The van der Waals surface area contributed by atoms with Crippen LogP contribution in [0.2, 0.25) is 0 Å². The van der Waals surface area contributed by atoms with Crippen molar-refractivity contribution < 1.29 is 0 Å². The van der Waals surface area contributed by atoms with Crippen LogP contribution in [0.5, 0.6) is 0 Å². The molecule has 1 aliphatic rings. The normalized spacial score (nSPS) is 17.4. The van der Waals surface area contributed by atoms with Crippen molar-refractivity contribution in [2.75, 3.05) is 11.2 Å². The third kappa shape index (κ3) is 1.95. The Morgan fingerprint density at radius 1 is 1.33 bits per heavy atom. The molecule has 1 aromatic carbocycles. The molecule has 0 aliphatic heterocycles. The van der Waals surface area contributed by atoms with Crippen LogP contribution in [0, 0.1) is 6.92 Å². The van der Waals surface area contributed by atoms with Crippen LogP contribution in [0.4, 0.5) is 5.82 Å². The molecule has 0 bridgehead atoms. The number of aromatic nitrogens is 1. The summed E-state index contributed by atoms with van der Waals surface area (Å²) in [5.74, 6) is 1.63. The van der Waals surface area contributed by atoms with Crippen molar-refractivity contribution in [3.8, 4) is 0 Å². The van der Waals surface area contributed by atoms with Gasteiger partial charge in [-0.25, -0.2) is 4.98 Å². The minimum atomic E-state index is 0.0712. The molecule has 3 heteroatoms. The Morgan fingerprint density at radius 3 is 2.78 bits per heavy atom. The fraction of sp³-hybridized carbons (Fsp3) is 0.400. The number of rotatable bonds is 3. The van der Waals surface area contributed by atoms with E-state index in [0.29, 0.717) is 5.88 Å². The van der Waals surface area contributed by atoms with Crippen molar-refractivity contribution >= 4 is 28.3 Å². The number of nitrogens with one attached hydrogen (secondary N) is 1. The summed E-state index contributed by atoms with van der Waals surface area (Å²) in [7, 11) is 0. The molecule has 1 aromatic heterocycles. The summed E-state index contributed by atoms with van der Waals surface area (Å²) in [6, 6.07) is 10.4. The first-order chi connectivity index (χ1) is 8.72. The highest BCUT2D eigenvalue weighted by atomic mass is 35.5. The number of hydrogen-bond acceptors (Lipinski definition) is 2. The van der Waals surface area contributed by atoms with Crippen molar-refractivity contribution in [2.45, 2.75) is 31.7 Å². The van der Waals surface area contributed by atoms with Gasteiger partial charge < -0.3 is 5.32 Å². The van der Waals surface area contributed by atoms with Gasteiger partial charge in [-0.05, 0) is 43.9 Å². The van der Waals surface area contributed by atoms with Gasteiger partial charge in [0.15, 0.2) is 0 Å². The van der Waals surface area contributed by atoms with E-state index in [1.165, 1.54) is 17.4 Å². The molecule has 1 fully saturated rings. The van der Waals surface area contributed by atoms with E-state index < -0.39 is 0 Å². The van der Waals surface area contributed by atoms with Gasteiger partial charge in [-0.1, -0.05) is 18.2 Å². The average Bonchev–Trinajstić information content (AvgIpc) is 2.34. The highest BCUT2D eigenvalue weighted by Crippen LogP contribution is 2.36. The Kier molecular flexibility index (Phi) is 2.90. The lowest BCUT2D eigenvalue weighted by Gasteiger charge is -2.41. The van der Waals surface area contributed by atoms with Gasteiger partial charge in [0.2, 0.25) is 0 Å². The van der Waals surface area contributed by atoms with E-state index in [-0.39, 0.29) is 5.54 Å². The van der Waals surface area contributed by atoms with Gasteiger partial charge >= 0.3 is 0 Å². The molecule has 2 aromatic rings. The van der Waals surface area contributed by atoms with Crippen molar-refractivity contribution in [2.24, 2.45) is 0 Å². The van der Waals surface area contributed by atoms with Crippen molar-refractivity contribution in [1.29, 1.82) is 0 Å². The van der Waals surface area contributed by atoms with Gasteiger partial charge in [0.05, 0.1) is 11.1 Å². The lowest BCUT2D eigenvalue weighted by molar-refractivity contribution is 0.310. The van der Waals surface area contributed by atoms with Crippen LogP contribution < -0.4 is 5.32 Å². The maximum Gasteiger partial charge on any atom is 0.130 e. The first-order valence-electron chi connectivity index (χ1n) is 6.43. The van der Waals surface area contributed by atoms with Crippen LogP contribution in [0.3, 0.4) is 0 Å². The number of anilines is 1. The van der Waals surface area contributed by atoms with Crippen LogP contribution in [-0.4, -0.2) is 16.4 Å². The lowest BCUT2D eigenvalue weighted by atomic mass is 9.78. The molecule has 1 N–H and O–H groups in total. The van der Waals surface area contributed by atoms with E-state index in [1.54, 1.807) is 0 Å². The van der Waals surface area contributed by atoms with E-state index >= 15 is 0 Å². The zero-order valence-electron chi connectivity index (χ0n) is 10.5. The van der Waals surface area contributed by atoms with E-state index in [0.717, 1.165) is 24.2 Å². The van der Waals surface area contributed by atoms with Crippen LogP contribution in [0.25, 0.3) is 10.9 Å². The van der Waals surface area contributed by atoms with Gasteiger partial charge in [-0.2, -0.15) is 0 Å². The molecule has 0 amide bonds. The monoisotopic (exact) mass is 260 g/mol. The molecule has 0 radical (unpaired) electrons. The number of para-hydroxylation sites is 1. The van der Waals surface area contributed by atoms with E-state index in [9.17, 15) is 0 Å². The number of alkyl halides is 1. The van der Waals surface area contributed by atoms with E-state index in [2.05, 4.69) is 24.4 Å². The third-order valence-electron chi connectivity index (χ3n) is 3.86. The van der Waals surface area contributed by atoms with Gasteiger partial charge in [0.1, 0.15) is 5.82 Å². The molecule has 2 nitrogen and oxygen atoms in total.